The fourth-order valence-corrected chi connectivity index (χ4v) is 6.01. The zero-order valence-electron chi connectivity index (χ0n) is 13.8. The van der Waals surface area contributed by atoms with E-state index in [9.17, 15) is 0 Å². The molecule has 5 rings (SSSR count). The predicted molar refractivity (Wildman–Crippen MR) is 95.8 cm³/mol. The molecule has 3 fully saturated rings. The average molecular weight is 327 g/mol. The van der Waals surface area contributed by atoms with Crippen molar-refractivity contribution in [3.05, 3.63) is 29.3 Å². The maximum atomic E-state index is 4.48. The van der Waals surface area contributed by atoms with Crippen LogP contribution in [0.25, 0.3) is 10.2 Å². The van der Waals surface area contributed by atoms with Gasteiger partial charge in [0.15, 0.2) is 0 Å². The average Bonchev–Trinajstić information content (AvgIpc) is 3.31. The highest BCUT2D eigenvalue weighted by molar-refractivity contribution is 7.16. The third kappa shape index (κ3) is 2.11. The normalized spacial score (nSPS) is 40.0. The van der Waals surface area contributed by atoms with Gasteiger partial charge in [0.2, 0.25) is 0 Å². The van der Waals surface area contributed by atoms with Gasteiger partial charge in [-0.15, -0.1) is 11.3 Å². The molecule has 0 spiro atoms. The Morgan fingerprint density at radius 3 is 2.83 bits per heavy atom. The minimum Gasteiger partial charge on any atom is -0.309 e. The molecular formula is C19H25N3S. The van der Waals surface area contributed by atoms with E-state index in [1.165, 1.54) is 62.1 Å². The van der Waals surface area contributed by atoms with Gasteiger partial charge in [-0.3, -0.25) is 0 Å². The molecule has 0 unspecified atom stereocenters. The van der Waals surface area contributed by atoms with Crippen molar-refractivity contribution < 1.29 is 0 Å². The molecule has 0 saturated carbocycles. The number of nitrogens with one attached hydrogen (secondary N) is 1. The molecule has 2 bridgehead atoms. The summed E-state index contributed by atoms with van der Waals surface area (Å²) in [7, 11) is 0. The van der Waals surface area contributed by atoms with Crippen LogP contribution in [0.15, 0.2) is 23.7 Å². The molecule has 3 saturated heterocycles. The van der Waals surface area contributed by atoms with Crippen molar-refractivity contribution in [3.63, 3.8) is 0 Å². The largest absolute Gasteiger partial charge is 0.309 e. The Kier molecular flexibility index (Phi) is 3.13. The van der Waals surface area contributed by atoms with Crippen LogP contribution in [0.3, 0.4) is 0 Å². The number of fused-ring (bicyclic) bond motifs is 3. The van der Waals surface area contributed by atoms with Gasteiger partial charge < -0.3 is 10.2 Å². The van der Waals surface area contributed by atoms with E-state index >= 15 is 0 Å². The molecule has 4 heterocycles. The van der Waals surface area contributed by atoms with Gasteiger partial charge in [0, 0.05) is 19.1 Å². The minimum absolute atomic E-state index is 0.472. The predicted octanol–water partition coefficient (Wildman–Crippen LogP) is 3.82. The highest BCUT2D eigenvalue weighted by Crippen LogP contribution is 2.56. The van der Waals surface area contributed by atoms with Crippen molar-refractivity contribution in [1.29, 1.82) is 0 Å². The molecule has 2 atom stereocenters. The third-order valence-corrected chi connectivity index (χ3v) is 7.91. The van der Waals surface area contributed by atoms with Crippen LogP contribution in [0.4, 0.5) is 0 Å². The van der Waals surface area contributed by atoms with Gasteiger partial charge in [0.25, 0.3) is 0 Å². The van der Waals surface area contributed by atoms with Crippen molar-refractivity contribution >= 4 is 21.6 Å². The Labute approximate surface area is 142 Å². The Morgan fingerprint density at radius 2 is 2.13 bits per heavy atom. The van der Waals surface area contributed by atoms with Crippen LogP contribution in [-0.4, -0.2) is 36.1 Å². The number of hydrogen-bond donors (Lipinski definition) is 1. The van der Waals surface area contributed by atoms with Gasteiger partial charge in [0.05, 0.1) is 15.7 Å². The Balaban J connectivity index is 1.35. The minimum atomic E-state index is 0.472. The maximum absolute atomic E-state index is 4.48. The number of nitrogens with zero attached hydrogens (tertiary/aromatic N) is 2. The van der Waals surface area contributed by atoms with E-state index in [0.29, 0.717) is 16.9 Å². The van der Waals surface area contributed by atoms with E-state index in [4.69, 9.17) is 0 Å². The molecule has 2 aromatic rings. The Bertz CT molecular complexity index is 721. The number of hydrogen-bond acceptors (Lipinski definition) is 4. The number of piperidine rings is 2. The summed E-state index contributed by atoms with van der Waals surface area (Å²) in [5.41, 5.74) is 5.58. The fourth-order valence-electron chi connectivity index (χ4n) is 5.35. The van der Waals surface area contributed by atoms with Crippen molar-refractivity contribution in [2.24, 2.45) is 10.8 Å². The molecule has 0 aliphatic carbocycles. The quantitative estimate of drug-likeness (QED) is 0.909. The maximum Gasteiger partial charge on any atom is 0.0815 e. The van der Waals surface area contributed by atoms with Crippen LogP contribution in [0, 0.1) is 10.8 Å². The van der Waals surface area contributed by atoms with Crippen LogP contribution < -0.4 is 5.32 Å². The second-order valence-electron chi connectivity index (χ2n) is 8.17. The SMILES string of the molecule is C[C@@]1(C23CCN(CC2)C3)CC[C@H](c2ccc3scnc3c2)NC1. The lowest BCUT2D eigenvalue weighted by atomic mass is 9.59. The van der Waals surface area contributed by atoms with Crippen LogP contribution in [0.1, 0.15) is 44.2 Å². The summed E-state index contributed by atoms with van der Waals surface area (Å²) >= 11 is 1.73. The van der Waals surface area contributed by atoms with Gasteiger partial charge in [-0.2, -0.15) is 0 Å². The van der Waals surface area contributed by atoms with Crippen LogP contribution in [0.5, 0.6) is 0 Å². The van der Waals surface area contributed by atoms with E-state index in [1.807, 2.05) is 5.51 Å². The molecular weight excluding hydrogens is 302 g/mol. The molecule has 0 radical (unpaired) electrons. The smallest absolute Gasteiger partial charge is 0.0815 e. The molecule has 4 heteroatoms. The van der Waals surface area contributed by atoms with Crippen molar-refractivity contribution in [2.75, 3.05) is 26.2 Å². The van der Waals surface area contributed by atoms with Gasteiger partial charge in [0.1, 0.15) is 0 Å². The van der Waals surface area contributed by atoms with E-state index in [1.54, 1.807) is 11.3 Å². The summed E-state index contributed by atoms with van der Waals surface area (Å²) in [6.07, 6.45) is 5.45. The fraction of sp³-hybridized carbons (Fsp3) is 0.632. The van der Waals surface area contributed by atoms with E-state index < -0.39 is 0 Å². The molecule has 23 heavy (non-hydrogen) atoms. The van der Waals surface area contributed by atoms with Crippen molar-refractivity contribution in [1.82, 2.24) is 15.2 Å². The first-order valence-electron chi connectivity index (χ1n) is 8.97. The molecule has 1 N–H and O–H groups in total. The topological polar surface area (TPSA) is 28.2 Å². The molecule has 3 nitrogen and oxygen atoms in total. The number of aromatic nitrogens is 1. The first-order chi connectivity index (χ1) is 11.2. The Hall–Kier alpha value is -0.970. The van der Waals surface area contributed by atoms with Gasteiger partial charge >= 0.3 is 0 Å². The molecule has 3 aliphatic rings. The first kappa shape index (κ1) is 14.4. The lowest BCUT2D eigenvalue weighted by molar-refractivity contribution is 0.0352. The molecule has 3 aliphatic heterocycles. The van der Waals surface area contributed by atoms with Gasteiger partial charge in [-0.1, -0.05) is 13.0 Å². The summed E-state index contributed by atoms with van der Waals surface area (Å²) in [5, 5.41) is 3.89. The summed E-state index contributed by atoms with van der Waals surface area (Å²) in [6.45, 7) is 7.73. The lowest BCUT2D eigenvalue weighted by Crippen LogP contribution is -2.50. The van der Waals surface area contributed by atoms with E-state index in [-0.39, 0.29) is 0 Å². The summed E-state index contributed by atoms with van der Waals surface area (Å²) in [5.74, 6) is 0. The van der Waals surface area contributed by atoms with Crippen LogP contribution in [-0.2, 0) is 0 Å². The molecule has 1 aromatic heterocycles. The monoisotopic (exact) mass is 327 g/mol. The van der Waals surface area contributed by atoms with Crippen molar-refractivity contribution in [2.45, 2.75) is 38.6 Å². The summed E-state index contributed by atoms with van der Waals surface area (Å²) in [4.78, 5) is 7.15. The summed E-state index contributed by atoms with van der Waals surface area (Å²) < 4.78 is 1.30. The van der Waals surface area contributed by atoms with Crippen molar-refractivity contribution in [3.8, 4) is 0 Å². The number of rotatable bonds is 2. The number of thiazole rings is 1. The zero-order valence-corrected chi connectivity index (χ0v) is 14.7. The van der Waals surface area contributed by atoms with Gasteiger partial charge in [-0.25, -0.2) is 4.98 Å². The zero-order chi connectivity index (χ0) is 15.5. The standard InChI is InChI=1S/C19H25N3S/c1-18(19-6-8-22(12-19)9-7-19)5-4-15(20-11-18)14-2-3-17-16(10-14)21-13-23-17/h2-3,10,13,15,20H,4-9,11-12H2,1H3/t15-,18-/m1/s1. The lowest BCUT2D eigenvalue weighted by Gasteiger charge is -2.49. The van der Waals surface area contributed by atoms with Crippen LogP contribution >= 0.6 is 11.3 Å². The highest BCUT2D eigenvalue weighted by Gasteiger charge is 2.55. The first-order valence-corrected chi connectivity index (χ1v) is 9.84. The highest BCUT2D eigenvalue weighted by atomic mass is 32.1. The van der Waals surface area contributed by atoms with Crippen LogP contribution in [0.2, 0.25) is 0 Å². The molecule has 122 valence electrons. The second-order valence-corrected chi connectivity index (χ2v) is 9.06. The number of benzene rings is 1. The third-order valence-electron chi connectivity index (χ3n) is 7.10. The van der Waals surface area contributed by atoms with E-state index in [2.05, 4.69) is 40.3 Å². The van der Waals surface area contributed by atoms with E-state index in [0.717, 1.165) is 5.52 Å². The Morgan fingerprint density at radius 1 is 1.26 bits per heavy atom. The molecule has 1 aromatic carbocycles. The summed E-state index contributed by atoms with van der Waals surface area (Å²) in [6, 6.07) is 7.33. The second kappa shape index (κ2) is 5.01. The molecule has 0 amide bonds. The van der Waals surface area contributed by atoms with Gasteiger partial charge in [-0.05, 0) is 67.3 Å².